The zero-order valence-corrected chi connectivity index (χ0v) is 20.0. The molecule has 0 radical (unpaired) electrons. The Morgan fingerprint density at radius 2 is 2.03 bits per heavy atom. The van der Waals surface area contributed by atoms with E-state index < -0.39 is 34.9 Å². The van der Waals surface area contributed by atoms with Crippen molar-refractivity contribution in [3.63, 3.8) is 0 Å². The van der Waals surface area contributed by atoms with Crippen molar-refractivity contribution in [3.05, 3.63) is 75.3 Å². The minimum absolute atomic E-state index is 0.0109. The second-order valence-corrected chi connectivity index (χ2v) is 9.46. The van der Waals surface area contributed by atoms with Gasteiger partial charge in [-0.15, -0.1) is 0 Å². The van der Waals surface area contributed by atoms with Gasteiger partial charge in [-0.3, -0.25) is 0 Å². The molecule has 0 saturated heterocycles. The Bertz CT molecular complexity index is 1550. The number of halogens is 5. The monoisotopic (exact) mass is 535 g/mol. The average molecular weight is 536 g/mol. The summed E-state index contributed by atoms with van der Waals surface area (Å²) in [5.41, 5.74) is -0.309. The third kappa shape index (κ3) is 4.59. The molecule has 0 unspecified atom stereocenters. The van der Waals surface area contributed by atoms with Crippen molar-refractivity contribution in [1.29, 1.82) is 0 Å². The number of carbonyl (C=O) groups excluding carboxylic acids is 1. The number of para-hydroxylation sites is 1. The number of aromatic nitrogens is 3. The Kier molecular flexibility index (Phi) is 5.66. The molecule has 5 rings (SSSR count). The SMILES string of the molecule is CC1(C)Cc2c(c(C(=O)Nc3ccc(C(F)(F)F)c[n+]3[O-])cc3nc(Nc4c(F)cccc4Cl)[nH]c23)O1. The van der Waals surface area contributed by atoms with Crippen LogP contribution in [0.25, 0.3) is 11.0 Å². The number of rotatable bonds is 4. The van der Waals surface area contributed by atoms with Gasteiger partial charge in [0.1, 0.15) is 28.9 Å². The average Bonchev–Trinajstić information content (AvgIpc) is 3.35. The number of hydrogen-bond donors (Lipinski definition) is 3. The van der Waals surface area contributed by atoms with Crippen molar-refractivity contribution >= 4 is 46.0 Å². The fourth-order valence-electron chi connectivity index (χ4n) is 4.12. The first-order valence-electron chi connectivity index (χ1n) is 10.9. The number of amides is 1. The summed E-state index contributed by atoms with van der Waals surface area (Å²) in [7, 11) is 0. The van der Waals surface area contributed by atoms with E-state index in [0.29, 0.717) is 35.3 Å². The highest BCUT2D eigenvalue weighted by Gasteiger charge is 2.37. The normalized spacial score (nSPS) is 14.4. The Labute approximate surface area is 211 Å². The Morgan fingerprint density at radius 1 is 1.27 bits per heavy atom. The van der Waals surface area contributed by atoms with Gasteiger partial charge in [0.2, 0.25) is 5.95 Å². The highest BCUT2D eigenvalue weighted by molar-refractivity contribution is 6.33. The molecule has 0 spiro atoms. The quantitative estimate of drug-likeness (QED) is 0.176. The van der Waals surface area contributed by atoms with Crippen LogP contribution in [0.5, 0.6) is 5.75 Å². The summed E-state index contributed by atoms with van der Waals surface area (Å²) in [4.78, 5) is 20.6. The Hall–Kier alpha value is -4.06. The molecule has 0 aliphatic carbocycles. The number of fused-ring (bicyclic) bond motifs is 3. The van der Waals surface area contributed by atoms with Crippen molar-refractivity contribution in [2.45, 2.75) is 32.0 Å². The van der Waals surface area contributed by atoms with Crippen LogP contribution in [0.1, 0.15) is 35.3 Å². The van der Waals surface area contributed by atoms with E-state index in [4.69, 9.17) is 16.3 Å². The fraction of sp³-hybridized carbons (Fsp3) is 0.208. The molecule has 2 aromatic heterocycles. The van der Waals surface area contributed by atoms with Gasteiger partial charge >= 0.3 is 12.1 Å². The van der Waals surface area contributed by atoms with Crippen LogP contribution in [-0.2, 0) is 12.6 Å². The molecule has 0 atom stereocenters. The maximum absolute atomic E-state index is 14.3. The predicted octanol–water partition coefficient (Wildman–Crippen LogP) is 5.72. The Balaban J connectivity index is 1.53. The van der Waals surface area contributed by atoms with Gasteiger partial charge in [0, 0.05) is 18.1 Å². The summed E-state index contributed by atoms with van der Waals surface area (Å²) >= 11 is 6.09. The highest BCUT2D eigenvalue weighted by Crippen LogP contribution is 2.42. The van der Waals surface area contributed by atoms with Crippen LogP contribution >= 0.6 is 11.6 Å². The van der Waals surface area contributed by atoms with Crippen molar-refractivity contribution in [1.82, 2.24) is 9.97 Å². The van der Waals surface area contributed by atoms with E-state index in [-0.39, 0.29) is 32.7 Å². The van der Waals surface area contributed by atoms with Crippen LogP contribution in [0.2, 0.25) is 5.02 Å². The minimum Gasteiger partial charge on any atom is -0.711 e. The molecule has 0 fully saturated rings. The van der Waals surface area contributed by atoms with Crippen molar-refractivity contribution < 1.29 is 31.8 Å². The number of hydrogen-bond acceptors (Lipinski definition) is 5. The summed E-state index contributed by atoms with van der Waals surface area (Å²) < 4.78 is 58.8. The second kappa shape index (κ2) is 8.51. The number of nitrogens with zero attached hydrogens (tertiary/aromatic N) is 2. The molecule has 1 aliphatic heterocycles. The first kappa shape index (κ1) is 24.6. The number of aromatic amines is 1. The number of alkyl halides is 3. The van der Waals surface area contributed by atoms with E-state index in [9.17, 15) is 27.6 Å². The van der Waals surface area contributed by atoms with Crippen molar-refractivity contribution in [2.24, 2.45) is 0 Å². The first-order valence-corrected chi connectivity index (χ1v) is 11.3. The Morgan fingerprint density at radius 3 is 2.70 bits per heavy atom. The van der Waals surface area contributed by atoms with E-state index in [1.807, 2.05) is 13.8 Å². The number of ether oxygens (including phenoxy) is 1. The van der Waals surface area contributed by atoms with Gasteiger partial charge in [-0.2, -0.15) is 13.2 Å². The number of imidazole rings is 1. The van der Waals surface area contributed by atoms with E-state index in [0.717, 1.165) is 6.07 Å². The molecule has 8 nitrogen and oxygen atoms in total. The lowest BCUT2D eigenvalue weighted by Gasteiger charge is -2.17. The van der Waals surface area contributed by atoms with Crippen LogP contribution in [0, 0.1) is 11.0 Å². The van der Waals surface area contributed by atoms with Gasteiger partial charge in [-0.25, -0.2) is 24.2 Å². The predicted molar refractivity (Wildman–Crippen MR) is 128 cm³/mol. The number of carbonyl (C=O) groups is 1. The van der Waals surface area contributed by atoms with Gasteiger partial charge < -0.3 is 20.2 Å². The molecule has 4 aromatic rings. The molecule has 3 heterocycles. The van der Waals surface area contributed by atoms with Gasteiger partial charge in [0.25, 0.3) is 5.82 Å². The molecule has 13 heteroatoms. The molecule has 2 aromatic carbocycles. The zero-order valence-electron chi connectivity index (χ0n) is 19.3. The van der Waals surface area contributed by atoms with Gasteiger partial charge in [-0.1, -0.05) is 17.7 Å². The lowest BCUT2D eigenvalue weighted by Crippen LogP contribution is -2.34. The topological polar surface area (TPSA) is 106 Å². The van der Waals surface area contributed by atoms with Crippen LogP contribution in [0.3, 0.4) is 0 Å². The largest absolute Gasteiger partial charge is 0.711 e. The molecule has 1 amide bonds. The molecule has 3 N–H and O–H groups in total. The number of nitrogens with one attached hydrogen (secondary N) is 3. The number of anilines is 3. The van der Waals surface area contributed by atoms with Crippen LogP contribution < -0.4 is 20.1 Å². The lowest BCUT2D eigenvalue weighted by atomic mass is 9.99. The number of H-pyrrole nitrogens is 1. The molecule has 0 bridgehead atoms. The number of benzene rings is 2. The highest BCUT2D eigenvalue weighted by atomic mass is 35.5. The second-order valence-electron chi connectivity index (χ2n) is 9.05. The molecule has 192 valence electrons. The van der Waals surface area contributed by atoms with Crippen molar-refractivity contribution in [3.8, 4) is 5.75 Å². The van der Waals surface area contributed by atoms with E-state index in [1.165, 1.54) is 24.3 Å². The van der Waals surface area contributed by atoms with E-state index in [1.54, 1.807) is 0 Å². The van der Waals surface area contributed by atoms with E-state index >= 15 is 0 Å². The van der Waals surface area contributed by atoms with Gasteiger partial charge in [-0.05, 0) is 38.1 Å². The van der Waals surface area contributed by atoms with Gasteiger partial charge in [0.15, 0.2) is 0 Å². The number of pyridine rings is 1. The molecule has 1 aliphatic rings. The van der Waals surface area contributed by atoms with Crippen LogP contribution in [0.15, 0.2) is 42.6 Å². The molecular weight excluding hydrogens is 518 g/mol. The first-order chi connectivity index (χ1) is 17.3. The summed E-state index contributed by atoms with van der Waals surface area (Å²) in [5, 5.41) is 17.4. The summed E-state index contributed by atoms with van der Waals surface area (Å²) in [5.74, 6) is -1.38. The standard InChI is InChI=1S/C24H18ClF4N5O3/c1-23(2)9-13-18-16(30-22(32-18)33-19-14(25)4-3-5-15(19)26)8-12(20(13)37-23)21(35)31-17-7-6-11(10-34(17)36)24(27,28)29/h3-8,10H,9H2,1-2H3,(H,31,35)(H2,30,32,33). The van der Waals surface area contributed by atoms with Crippen LogP contribution in [-0.4, -0.2) is 21.5 Å². The molecular formula is C24H18ClF4N5O3. The summed E-state index contributed by atoms with van der Waals surface area (Å²) in [6, 6.07) is 7.17. The smallest absolute Gasteiger partial charge is 0.419 e. The molecule has 37 heavy (non-hydrogen) atoms. The van der Waals surface area contributed by atoms with Gasteiger partial charge in [0.05, 0.1) is 27.3 Å². The maximum atomic E-state index is 14.3. The summed E-state index contributed by atoms with van der Waals surface area (Å²) in [6.45, 7) is 3.63. The molecule has 0 saturated carbocycles. The zero-order chi connectivity index (χ0) is 26.7. The van der Waals surface area contributed by atoms with Crippen LogP contribution in [0.4, 0.5) is 35.0 Å². The fourth-order valence-corrected chi connectivity index (χ4v) is 4.33. The summed E-state index contributed by atoms with van der Waals surface area (Å²) in [6.07, 6.45) is -3.98. The minimum atomic E-state index is -4.71. The third-order valence-corrected chi connectivity index (χ3v) is 6.06. The van der Waals surface area contributed by atoms with Crippen molar-refractivity contribution in [2.75, 3.05) is 10.6 Å². The lowest BCUT2D eigenvalue weighted by molar-refractivity contribution is -0.591. The third-order valence-electron chi connectivity index (χ3n) is 5.75. The maximum Gasteiger partial charge on any atom is 0.419 e. The van der Waals surface area contributed by atoms with E-state index in [2.05, 4.69) is 20.6 Å².